The van der Waals surface area contributed by atoms with Gasteiger partial charge in [-0.2, -0.15) is 0 Å². The summed E-state index contributed by atoms with van der Waals surface area (Å²) >= 11 is 2.03. The molecule has 5 aliphatic carbocycles. The van der Waals surface area contributed by atoms with Crippen molar-refractivity contribution in [1.82, 2.24) is 0 Å². The molecule has 11 rings (SSSR count). The van der Waals surface area contributed by atoms with Crippen LogP contribution in [0.4, 0.5) is 17.1 Å². The minimum Gasteiger partial charge on any atom is -0.310 e. The monoisotopic (exact) mass is 671 g/mol. The Bertz CT molecular complexity index is 2080. The highest BCUT2D eigenvalue weighted by Gasteiger charge is 2.61. The fourth-order valence-electron chi connectivity index (χ4n) is 11.7. The van der Waals surface area contributed by atoms with E-state index in [2.05, 4.69) is 148 Å². The first kappa shape index (κ1) is 31.0. The molecule has 5 aromatic carbocycles. The Morgan fingerprint density at radius 2 is 1.12 bits per heavy atom. The van der Waals surface area contributed by atoms with Crippen LogP contribution in [0.1, 0.15) is 94.9 Å². The van der Waals surface area contributed by atoms with Crippen LogP contribution in [0.3, 0.4) is 0 Å². The summed E-state index contributed by atoms with van der Waals surface area (Å²) in [6.45, 7) is 9.74. The molecule has 4 saturated carbocycles. The van der Waals surface area contributed by atoms with Gasteiger partial charge in [-0.05, 0) is 155 Å². The fourth-order valence-corrected chi connectivity index (χ4v) is 13.0. The zero-order chi connectivity index (χ0) is 33.8. The van der Waals surface area contributed by atoms with Gasteiger partial charge < -0.3 is 4.90 Å². The normalized spacial score (nSPS) is 27.8. The van der Waals surface area contributed by atoms with E-state index in [1.54, 1.807) is 11.1 Å². The van der Waals surface area contributed by atoms with Gasteiger partial charge in [-0.1, -0.05) is 112 Å². The van der Waals surface area contributed by atoms with Gasteiger partial charge in [-0.15, -0.1) is 0 Å². The summed E-state index contributed by atoms with van der Waals surface area (Å²) in [4.78, 5) is 5.47. The molecule has 4 bridgehead atoms. The molecule has 1 heterocycles. The Balaban J connectivity index is 1.17. The number of hydrogen-bond acceptors (Lipinski definition) is 2. The van der Waals surface area contributed by atoms with Crippen LogP contribution in [0.5, 0.6) is 0 Å². The number of para-hydroxylation sites is 1. The van der Waals surface area contributed by atoms with Crippen molar-refractivity contribution in [3.63, 3.8) is 0 Å². The van der Waals surface area contributed by atoms with E-state index in [1.807, 2.05) is 11.8 Å². The van der Waals surface area contributed by atoms with Crippen molar-refractivity contribution >= 4 is 28.8 Å². The number of nitrogens with zero attached hydrogens (tertiary/aromatic N) is 1. The molecule has 252 valence electrons. The van der Waals surface area contributed by atoms with Crippen molar-refractivity contribution < 1.29 is 0 Å². The van der Waals surface area contributed by atoms with Crippen LogP contribution >= 0.6 is 11.8 Å². The van der Waals surface area contributed by atoms with Crippen LogP contribution in [0.2, 0.25) is 0 Å². The fraction of sp³-hybridized carbons (Fsp3) is 0.375. The van der Waals surface area contributed by atoms with Gasteiger partial charge in [-0.3, -0.25) is 0 Å². The second-order valence-electron chi connectivity index (χ2n) is 17.7. The van der Waals surface area contributed by atoms with E-state index in [0.717, 1.165) is 11.8 Å². The Morgan fingerprint density at radius 1 is 0.520 bits per heavy atom. The maximum atomic E-state index is 2.59. The number of rotatable bonds is 4. The summed E-state index contributed by atoms with van der Waals surface area (Å²) in [6, 6.07) is 44.5. The molecule has 5 aromatic rings. The van der Waals surface area contributed by atoms with E-state index in [4.69, 9.17) is 0 Å². The third-order valence-corrected chi connectivity index (χ3v) is 15.1. The van der Waals surface area contributed by atoms with Gasteiger partial charge in [0.2, 0.25) is 0 Å². The van der Waals surface area contributed by atoms with E-state index in [0.29, 0.717) is 11.8 Å². The number of anilines is 3. The molecule has 4 fully saturated rings. The minimum atomic E-state index is 0.0767. The van der Waals surface area contributed by atoms with E-state index in [9.17, 15) is 0 Å². The predicted molar refractivity (Wildman–Crippen MR) is 210 cm³/mol. The zero-order valence-corrected chi connectivity index (χ0v) is 30.9. The summed E-state index contributed by atoms with van der Waals surface area (Å²) in [7, 11) is 0. The molecule has 1 spiro atoms. The lowest BCUT2D eigenvalue weighted by Crippen LogP contribution is -2.57. The summed E-state index contributed by atoms with van der Waals surface area (Å²) in [6.07, 6.45) is 9.47. The van der Waals surface area contributed by atoms with Gasteiger partial charge in [0, 0.05) is 32.3 Å². The van der Waals surface area contributed by atoms with E-state index in [-0.39, 0.29) is 16.2 Å². The zero-order valence-electron chi connectivity index (χ0n) is 30.1. The lowest BCUT2D eigenvalue weighted by Gasteiger charge is -2.63. The maximum Gasteiger partial charge on any atom is 0.0473 e. The summed E-state index contributed by atoms with van der Waals surface area (Å²) in [5.74, 6) is 3.26. The lowest BCUT2D eigenvalue weighted by atomic mass is 9.41. The van der Waals surface area contributed by atoms with Gasteiger partial charge in [0.05, 0.1) is 0 Å². The van der Waals surface area contributed by atoms with Crippen molar-refractivity contribution in [2.24, 2.45) is 23.7 Å². The molecular weight excluding hydrogens is 623 g/mol. The van der Waals surface area contributed by atoms with Crippen molar-refractivity contribution in [2.45, 2.75) is 98.7 Å². The summed E-state index contributed by atoms with van der Waals surface area (Å²) < 4.78 is 0. The van der Waals surface area contributed by atoms with E-state index >= 15 is 0 Å². The standard InChI is InChI=1S/C48H49NS/c1-46(2)22-23-47(3,4)42-29-37(18-20-40(42)46)49(36-14-9-6-10-15-36)38-19-21-41-44(30-38)50-43-17-11-16-39(33-12-7-5-8-13-33)45(43)48(41)34-25-31-24-32(27-34)28-35(48)26-31/h5-21,29-32,34-35H,22-28H2,1-4H3. The van der Waals surface area contributed by atoms with Crippen molar-refractivity contribution in [2.75, 3.05) is 4.90 Å². The average Bonchev–Trinajstić information content (AvgIpc) is 3.12. The molecule has 0 N–H and O–H groups in total. The van der Waals surface area contributed by atoms with Gasteiger partial charge in [-0.25, -0.2) is 0 Å². The highest BCUT2D eigenvalue weighted by Crippen LogP contribution is 2.70. The summed E-state index contributed by atoms with van der Waals surface area (Å²) in [5.41, 5.74) is 13.3. The van der Waals surface area contributed by atoms with Gasteiger partial charge in [0.25, 0.3) is 0 Å². The first-order chi connectivity index (χ1) is 24.2. The van der Waals surface area contributed by atoms with Gasteiger partial charge in [0.1, 0.15) is 0 Å². The Kier molecular flexibility index (Phi) is 6.90. The van der Waals surface area contributed by atoms with Crippen LogP contribution in [0.25, 0.3) is 11.1 Å². The van der Waals surface area contributed by atoms with Crippen LogP contribution < -0.4 is 4.90 Å². The lowest BCUT2D eigenvalue weighted by molar-refractivity contribution is -0.0441. The van der Waals surface area contributed by atoms with E-state index < -0.39 is 0 Å². The SMILES string of the molecule is CC1(C)CCC(C)(C)c2cc(N(c3ccccc3)c3ccc4c(c3)Sc3cccc(-c5ccccc5)c3C43C4CC5CC(C4)CC3C5)ccc21. The van der Waals surface area contributed by atoms with Crippen molar-refractivity contribution in [3.05, 3.63) is 138 Å². The third-order valence-electron chi connectivity index (χ3n) is 13.9. The number of fused-ring (bicyclic) bond motifs is 3. The maximum absolute atomic E-state index is 2.59. The molecule has 0 unspecified atom stereocenters. The highest BCUT2D eigenvalue weighted by molar-refractivity contribution is 7.99. The first-order valence-electron chi connectivity index (χ1n) is 19.2. The molecule has 1 aliphatic heterocycles. The Labute approximate surface area is 303 Å². The predicted octanol–water partition coefficient (Wildman–Crippen LogP) is 13.4. The molecule has 0 saturated heterocycles. The molecule has 0 atom stereocenters. The minimum absolute atomic E-state index is 0.0767. The summed E-state index contributed by atoms with van der Waals surface area (Å²) in [5, 5.41) is 0. The quantitative estimate of drug-likeness (QED) is 0.187. The molecule has 50 heavy (non-hydrogen) atoms. The number of benzene rings is 5. The number of hydrogen-bond donors (Lipinski definition) is 0. The van der Waals surface area contributed by atoms with Gasteiger partial charge in [0.15, 0.2) is 0 Å². The largest absolute Gasteiger partial charge is 0.310 e. The van der Waals surface area contributed by atoms with Crippen LogP contribution in [-0.4, -0.2) is 0 Å². The molecule has 0 aromatic heterocycles. The molecule has 0 amide bonds. The molecule has 6 aliphatic rings. The molecule has 1 nitrogen and oxygen atoms in total. The third kappa shape index (κ3) is 4.52. The Morgan fingerprint density at radius 3 is 1.80 bits per heavy atom. The molecule has 0 radical (unpaired) electrons. The Hall–Kier alpha value is -3.75. The van der Waals surface area contributed by atoms with Crippen LogP contribution in [-0.2, 0) is 16.2 Å². The molecular formula is C48H49NS. The second-order valence-corrected chi connectivity index (χ2v) is 18.8. The molecule has 2 heteroatoms. The van der Waals surface area contributed by atoms with Crippen LogP contribution in [0, 0.1) is 23.7 Å². The highest BCUT2D eigenvalue weighted by atomic mass is 32.2. The van der Waals surface area contributed by atoms with Gasteiger partial charge >= 0.3 is 0 Å². The topological polar surface area (TPSA) is 3.24 Å². The van der Waals surface area contributed by atoms with E-state index in [1.165, 1.54) is 94.1 Å². The van der Waals surface area contributed by atoms with Crippen LogP contribution in [0.15, 0.2) is 125 Å². The van der Waals surface area contributed by atoms with Crippen molar-refractivity contribution in [1.29, 1.82) is 0 Å². The smallest absolute Gasteiger partial charge is 0.0473 e. The second kappa shape index (κ2) is 11.1. The van der Waals surface area contributed by atoms with Crippen molar-refractivity contribution in [3.8, 4) is 11.1 Å². The average molecular weight is 672 g/mol. The first-order valence-corrected chi connectivity index (χ1v) is 20.1.